The summed E-state index contributed by atoms with van der Waals surface area (Å²) in [5, 5.41) is 0.676. The predicted octanol–water partition coefficient (Wildman–Crippen LogP) is 3.44. The zero-order chi connectivity index (χ0) is 14.0. The van der Waals surface area contributed by atoms with Crippen LogP contribution in [-0.2, 0) is 0 Å². The molecular formula is C14H17Cl2NO2. The van der Waals surface area contributed by atoms with E-state index in [2.05, 4.69) is 6.92 Å². The van der Waals surface area contributed by atoms with Gasteiger partial charge >= 0.3 is 0 Å². The van der Waals surface area contributed by atoms with Gasteiger partial charge in [-0.25, -0.2) is 0 Å². The number of alkyl halides is 1. The number of carbonyl (C=O) groups is 1. The second kappa shape index (κ2) is 6.02. The molecule has 0 saturated carbocycles. The van der Waals surface area contributed by atoms with Crippen molar-refractivity contribution < 1.29 is 9.53 Å². The van der Waals surface area contributed by atoms with E-state index >= 15 is 0 Å². The molecule has 1 aliphatic heterocycles. The first-order valence-electron chi connectivity index (χ1n) is 6.29. The lowest BCUT2D eigenvalue weighted by Crippen LogP contribution is -2.43. The fraction of sp³-hybridized carbons (Fsp3) is 0.500. The molecule has 3 nitrogen and oxygen atoms in total. The summed E-state index contributed by atoms with van der Waals surface area (Å²) in [5.74, 6) is 0.800. The number of hydrogen-bond acceptors (Lipinski definition) is 2. The lowest BCUT2D eigenvalue weighted by Gasteiger charge is -2.34. The van der Waals surface area contributed by atoms with Gasteiger partial charge in [-0.1, -0.05) is 18.5 Å². The first-order chi connectivity index (χ1) is 9.02. The number of amides is 1. The van der Waals surface area contributed by atoms with Crippen molar-refractivity contribution in [3.05, 3.63) is 28.8 Å². The molecule has 0 radical (unpaired) electrons. The highest BCUT2D eigenvalue weighted by Gasteiger charge is 2.29. The maximum atomic E-state index is 12.5. The van der Waals surface area contributed by atoms with Crippen molar-refractivity contribution in [2.45, 2.75) is 18.7 Å². The summed E-state index contributed by atoms with van der Waals surface area (Å²) in [6, 6.07) is 5.08. The highest BCUT2D eigenvalue weighted by molar-refractivity contribution is 6.31. The van der Waals surface area contributed by atoms with Crippen LogP contribution in [-0.4, -0.2) is 36.4 Å². The third-order valence-electron chi connectivity index (χ3n) is 3.48. The Kier molecular flexibility index (Phi) is 4.58. The Balaban J connectivity index is 2.22. The highest BCUT2D eigenvalue weighted by atomic mass is 35.5. The zero-order valence-corrected chi connectivity index (χ0v) is 12.5. The molecule has 1 saturated heterocycles. The van der Waals surface area contributed by atoms with Crippen molar-refractivity contribution in [2.24, 2.45) is 5.92 Å². The maximum absolute atomic E-state index is 12.5. The second-order valence-corrected chi connectivity index (χ2v) is 5.87. The molecule has 0 bridgehead atoms. The van der Waals surface area contributed by atoms with E-state index in [0.29, 0.717) is 35.3 Å². The molecule has 104 valence electrons. The molecule has 5 heteroatoms. The third-order valence-corrected chi connectivity index (χ3v) is 4.36. The lowest BCUT2D eigenvalue weighted by molar-refractivity contribution is 0.0683. The van der Waals surface area contributed by atoms with Crippen LogP contribution in [0, 0.1) is 5.92 Å². The van der Waals surface area contributed by atoms with Gasteiger partial charge in [-0.05, 0) is 30.5 Å². The van der Waals surface area contributed by atoms with E-state index in [-0.39, 0.29) is 11.3 Å². The van der Waals surface area contributed by atoms with Crippen LogP contribution >= 0.6 is 23.2 Å². The zero-order valence-electron chi connectivity index (χ0n) is 11.0. The molecule has 19 heavy (non-hydrogen) atoms. The molecule has 0 N–H and O–H groups in total. The number of likely N-dealkylation sites (tertiary alicyclic amines) is 1. The lowest BCUT2D eigenvalue weighted by atomic mass is 9.98. The average Bonchev–Trinajstić information content (AvgIpc) is 2.41. The Morgan fingerprint density at radius 3 is 2.84 bits per heavy atom. The number of rotatable bonds is 2. The summed E-state index contributed by atoms with van der Waals surface area (Å²) in [7, 11) is 1.55. The van der Waals surface area contributed by atoms with Gasteiger partial charge in [-0.2, -0.15) is 0 Å². The maximum Gasteiger partial charge on any atom is 0.257 e. The molecule has 2 unspecified atom stereocenters. The fourth-order valence-corrected chi connectivity index (χ4v) is 2.67. The number of piperidine rings is 1. The molecule has 0 aromatic heterocycles. The largest absolute Gasteiger partial charge is 0.496 e. The van der Waals surface area contributed by atoms with E-state index in [0.717, 1.165) is 6.42 Å². The van der Waals surface area contributed by atoms with Gasteiger partial charge in [0, 0.05) is 23.5 Å². The summed E-state index contributed by atoms with van der Waals surface area (Å²) < 4.78 is 5.23. The molecule has 2 atom stereocenters. The van der Waals surface area contributed by atoms with Gasteiger partial charge in [-0.3, -0.25) is 4.79 Å². The minimum absolute atomic E-state index is 0.0465. The molecule has 2 rings (SSSR count). The summed E-state index contributed by atoms with van der Waals surface area (Å²) in [6.45, 7) is 3.40. The van der Waals surface area contributed by atoms with Gasteiger partial charge < -0.3 is 9.64 Å². The summed E-state index contributed by atoms with van der Waals surface area (Å²) in [4.78, 5) is 14.3. The first-order valence-corrected chi connectivity index (χ1v) is 7.11. The first kappa shape index (κ1) is 14.5. The van der Waals surface area contributed by atoms with Crippen LogP contribution in [0.1, 0.15) is 23.7 Å². The molecule has 1 aliphatic rings. The Morgan fingerprint density at radius 1 is 1.47 bits per heavy atom. The smallest absolute Gasteiger partial charge is 0.257 e. The number of hydrogen-bond donors (Lipinski definition) is 0. The molecule has 0 aliphatic carbocycles. The Labute approximate surface area is 123 Å². The van der Waals surface area contributed by atoms with Crippen LogP contribution in [0.3, 0.4) is 0 Å². The average molecular weight is 302 g/mol. The topological polar surface area (TPSA) is 29.5 Å². The molecule has 1 aromatic rings. The van der Waals surface area contributed by atoms with Gasteiger partial charge in [-0.15, -0.1) is 11.6 Å². The van der Waals surface area contributed by atoms with E-state index < -0.39 is 0 Å². The van der Waals surface area contributed by atoms with Crippen molar-refractivity contribution in [2.75, 3.05) is 20.2 Å². The van der Waals surface area contributed by atoms with Crippen LogP contribution in [0.15, 0.2) is 18.2 Å². The van der Waals surface area contributed by atoms with Crippen LogP contribution in [0.25, 0.3) is 0 Å². The van der Waals surface area contributed by atoms with Gasteiger partial charge in [0.05, 0.1) is 12.7 Å². The van der Waals surface area contributed by atoms with E-state index in [4.69, 9.17) is 27.9 Å². The molecule has 0 spiro atoms. The van der Waals surface area contributed by atoms with Gasteiger partial charge in [0.15, 0.2) is 0 Å². The normalized spacial score (nSPS) is 23.3. The Hall–Kier alpha value is -0.930. The monoisotopic (exact) mass is 301 g/mol. The molecule has 1 amide bonds. The third kappa shape index (κ3) is 3.15. The van der Waals surface area contributed by atoms with Crippen molar-refractivity contribution in [3.8, 4) is 5.75 Å². The summed E-state index contributed by atoms with van der Waals surface area (Å²) >= 11 is 12.1. The van der Waals surface area contributed by atoms with Crippen molar-refractivity contribution >= 4 is 29.1 Å². The highest BCUT2D eigenvalue weighted by Crippen LogP contribution is 2.27. The van der Waals surface area contributed by atoms with Crippen molar-refractivity contribution in [1.29, 1.82) is 0 Å². The van der Waals surface area contributed by atoms with E-state index in [1.54, 1.807) is 25.3 Å². The summed E-state index contributed by atoms with van der Waals surface area (Å²) in [5.41, 5.74) is 0.509. The molecule has 1 aromatic carbocycles. The number of methoxy groups -OCH3 is 1. The van der Waals surface area contributed by atoms with Crippen LogP contribution in [0.5, 0.6) is 5.75 Å². The predicted molar refractivity (Wildman–Crippen MR) is 77.3 cm³/mol. The SMILES string of the molecule is COc1ccc(Cl)cc1C(=O)N1CCC(Cl)C(C)C1. The van der Waals surface area contributed by atoms with Crippen LogP contribution < -0.4 is 4.74 Å². The van der Waals surface area contributed by atoms with Crippen molar-refractivity contribution in [3.63, 3.8) is 0 Å². The summed E-state index contributed by atoms with van der Waals surface area (Å²) in [6.07, 6.45) is 0.817. The minimum Gasteiger partial charge on any atom is -0.496 e. The van der Waals surface area contributed by atoms with Gasteiger partial charge in [0.2, 0.25) is 0 Å². The second-order valence-electron chi connectivity index (χ2n) is 4.88. The number of benzene rings is 1. The molecule has 1 fully saturated rings. The Morgan fingerprint density at radius 2 is 2.21 bits per heavy atom. The number of carbonyl (C=O) groups excluding carboxylic acids is 1. The van der Waals surface area contributed by atoms with Crippen molar-refractivity contribution in [1.82, 2.24) is 4.90 Å². The van der Waals surface area contributed by atoms with Crippen LogP contribution in [0.2, 0.25) is 5.02 Å². The molecular weight excluding hydrogens is 285 g/mol. The van der Waals surface area contributed by atoms with E-state index in [1.807, 2.05) is 4.90 Å². The number of halogens is 2. The standard InChI is InChI=1S/C14H17Cl2NO2/c1-9-8-17(6-5-12(9)16)14(18)11-7-10(15)3-4-13(11)19-2/h3-4,7,9,12H,5-6,8H2,1-2H3. The van der Waals surface area contributed by atoms with Gasteiger partial charge in [0.1, 0.15) is 5.75 Å². The van der Waals surface area contributed by atoms with E-state index in [9.17, 15) is 4.79 Å². The van der Waals surface area contributed by atoms with Crippen LogP contribution in [0.4, 0.5) is 0 Å². The number of ether oxygens (including phenoxy) is 1. The fourth-order valence-electron chi connectivity index (χ4n) is 2.32. The quantitative estimate of drug-likeness (QED) is 0.783. The van der Waals surface area contributed by atoms with Gasteiger partial charge in [0.25, 0.3) is 5.91 Å². The number of nitrogens with zero attached hydrogens (tertiary/aromatic N) is 1. The Bertz CT molecular complexity index is 479. The van der Waals surface area contributed by atoms with E-state index in [1.165, 1.54) is 0 Å². The molecule has 1 heterocycles. The minimum atomic E-state index is -0.0465.